The molecule has 1 aromatic rings. The van der Waals surface area contributed by atoms with Crippen LogP contribution < -0.4 is 0 Å². The van der Waals surface area contributed by atoms with Gasteiger partial charge >= 0.3 is 0 Å². The van der Waals surface area contributed by atoms with E-state index < -0.39 is 0 Å². The Hall–Kier alpha value is -0.820. The van der Waals surface area contributed by atoms with Crippen LogP contribution in [0.2, 0.25) is 0 Å². The number of fused-ring (bicyclic) bond motifs is 1. The summed E-state index contributed by atoms with van der Waals surface area (Å²) >= 11 is 0. The van der Waals surface area contributed by atoms with E-state index in [1.165, 1.54) is 43.2 Å². The van der Waals surface area contributed by atoms with Gasteiger partial charge in [-0.15, -0.1) is 0 Å². The molecule has 0 aromatic heterocycles. The Bertz CT molecular complexity index is 412. The third kappa shape index (κ3) is 2.09. The zero-order valence-electron chi connectivity index (χ0n) is 11.3. The Morgan fingerprint density at radius 1 is 1.22 bits per heavy atom. The predicted octanol–water partition coefficient (Wildman–Crippen LogP) is 4.11. The zero-order valence-corrected chi connectivity index (χ0v) is 11.3. The highest BCUT2D eigenvalue weighted by molar-refractivity contribution is 5.34. The Morgan fingerprint density at radius 3 is 2.83 bits per heavy atom. The minimum absolute atomic E-state index is 0.207. The van der Waals surface area contributed by atoms with Crippen LogP contribution in [0.25, 0.3) is 0 Å². The average molecular weight is 244 g/mol. The van der Waals surface area contributed by atoms with Gasteiger partial charge in [-0.25, -0.2) is 0 Å². The summed E-state index contributed by atoms with van der Waals surface area (Å²) < 4.78 is 0. The van der Waals surface area contributed by atoms with Crippen LogP contribution in [0, 0.1) is 17.8 Å². The third-order valence-electron chi connectivity index (χ3n) is 5.24. The van der Waals surface area contributed by atoms with Gasteiger partial charge in [0.25, 0.3) is 0 Å². The lowest BCUT2D eigenvalue weighted by atomic mass is 9.73. The predicted molar refractivity (Wildman–Crippen MR) is 74.3 cm³/mol. The summed E-state index contributed by atoms with van der Waals surface area (Å²) in [6.07, 6.45) is 7.64. The smallest absolute Gasteiger partial charge is 0.0826 e. The fourth-order valence-electron chi connectivity index (χ4n) is 4.12. The highest BCUT2D eigenvalue weighted by Crippen LogP contribution is 2.46. The molecule has 2 aliphatic carbocycles. The maximum Gasteiger partial charge on any atom is 0.0826 e. The van der Waals surface area contributed by atoms with Gasteiger partial charge in [0.15, 0.2) is 0 Å². The van der Waals surface area contributed by atoms with Crippen molar-refractivity contribution >= 4 is 0 Å². The zero-order chi connectivity index (χ0) is 12.5. The van der Waals surface area contributed by atoms with E-state index in [-0.39, 0.29) is 6.10 Å². The largest absolute Gasteiger partial charge is 0.388 e. The van der Waals surface area contributed by atoms with Crippen LogP contribution in [0.15, 0.2) is 24.3 Å². The molecule has 4 atom stereocenters. The van der Waals surface area contributed by atoms with Gasteiger partial charge in [-0.1, -0.05) is 56.9 Å². The normalized spacial score (nSPS) is 35.4. The first-order valence-electron chi connectivity index (χ1n) is 7.55. The molecule has 1 fully saturated rings. The number of hydrogen-bond donors (Lipinski definition) is 1. The monoisotopic (exact) mass is 244 g/mol. The molecule has 0 heterocycles. The van der Waals surface area contributed by atoms with E-state index in [1.54, 1.807) is 0 Å². The Labute approximate surface area is 110 Å². The summed E-state index contributed by atoms with van der Waals surface area (Å²) in [5.74, 6) is 2.13. The minimum atomic E-state index is -0.207. The van der Waals surface area contributed by atoms with E-state index >= 15 is 0 Å². The summed E-state index contributed by atoms with van der Waals surface area (Å²) in [5.41, 5.74) is 2.58. The molecule has 1 saturated carbocycles. The third-order valence-corrected chi connectivity index (χ3v) is 5.24. The van der Waals surface area contributed by atoms with E-state index in [0.29, 0.717) is 5.92 Å². The highest BCUT2D eigenvalue weighted by Gasteiger charge is 2.37. The van der Waals surface area contributed by atoms with Gasteiger partial charge in [-0.05, 0) is 41.7 Å². The van der Waals surface area contributed by atoms with Crippen molar-refractivity contribution in [3.05, 3.63) is 35.4 Å². The van der Waals surface area contributed by atoms with Gasteiger partial charge < -0.3 is 5.11 Å². The molecule has 4 unspecified atom stereocenters. The molecule has 3 rings (SSSR count). The van der Waals surface area contributed by atoms with Crippen LogP contribution >= 0.6 is 0 Å². The summed E-state index contributed by atoms with van der Waals surface area (Å²) in [7, 11) is 0. The Kier molecular flexibility index (Phi) is 3.43. The van der Waals surface area contributed by atoms with Gasteiger partial charge in [-0.3, -0.25) is 0 Å². The number of aliphatic hydroxyl groups excluding tert-OH is 1. The van der Waals surface area contributed by atoms with Crippen molar-refractivity contribution in [1.29, 1.82) is 0 Å². The number of rotatable bonds is 2. The number of benzene rings is 1. The Morgan fingerprint density at radius 2 is 2.06 bits per heavy atom. The van der Waals surface area contributed by atoms with Crippen LogP contribution in [-0.4, -0.2) is 5.11 Å². The SMILES string of the molecule is CCC1CCCC(C2Cc3ccccc3C2O)C1. The first-order valence-corrected chi connectivity index (χ1v) is 7.55. The summed E-state index contributed by atoms with van der Waals surface area (Å²) in [6, 6.07) is 8.46. The van der Waals surface area contributed by atoms with E-state index in [0.717, 1.165) is 18.3 Å². The number of hydrogen-bond acceptors (Lipinski definition) is 1. The van der Waals surface area contributed by atoms with Crippen LogP contribution in [-0.2, 0) is 6.42 Å². The van der Waals surface area contributed by atoms with Gasteiger partial charge in [-0.2, -0.15) is 0 Å². The fourth-order valence-corrected chi connectivity index (χ4v) is 4.12. The first-order chi connectivity index (χ1) is 8.79. The number of aliphatic hydroxyl groups is 1. The molecule has 1 N–H and O–H groups in total. The second kappa shape index (κ2) is 5.05. The molecule has 18 heavy (non-hydrogen) atoms. The summed E-state index contributed by atoms with van der Waals surface area (Å²) in [5, 5.41) is 10.6. The fraction of sp³-hybridized carbons (Fsp3) is 0.647. The molecule has 0 radical (unpaired) electrons. The van der Waals surface area contributed by atoms with Crippen molar-refractivity contribution in [2.45, 2.75) is 51.6 Å². The molecule has 0 aliphatic heterocycles. The van der Waals surface area contributed by atoms with Crippen molar-refractivity contribution < 1.29 is 5.11 Å². The molecule has 0 saturated heterocycles. The lowest BCUT2D eigenvalue weighted by Crippen LogP contribution is -2.25. The van der Waals surface area contributed by atoms with Crippen molar-refractivity contribution in [2.24, 2.45) is 17.8 Å². The van der Waals surface area contributed by atoms with Crippen LogP contribution in [0.4, 0.5) is 0 Å². The molecule has 0 spiro atoms. The van der Waals surface area contributed by atoms with Crippen LogP contribution in [0.3, 0.4) is 0 Å². The molecule has 1 nitrogen and oxygen atoms in total. The molecular weight excluding hydrogens is 220 g/mol. The van der Waals surface area contributed by atoms with E-state index in [4.69, 9.17) is 0 Å². The minimum Gasteiger partial charge on any atom is -0.388 e. The standard InChI is InChI=1S/C17H24O/c1-2-12-6-5-8-13(10-12)16-11-14-7-3-4-9-15(14)17(16)18/h3-4,7,9,12-13,16-18H,2,5-6,8,10-11H2,1H3. The van der Waals surface area contributed by atoms with Crippen molar-refractivity contribution in [3.63, 3.8) is 0 Å². The van der Waals surface area contributed by atoms with Crippen molar-refractivity contribution in [2.75, 3.05) is 0 Å². The lowest BCUT2D eigenvalue weighted by molar-refractivity contribution is 0.0608. The maximum absolute atomic E-state index is 10.6. The average Bonchev–Trinajstić information content (AvgIpc) is 2.77. The molecule has 1 aromatic carbocycles. The summed E-state index contributed by atoms with van der Waals surface area (Å²) in [4.78, 5) is 0. The van der Waals surface area contributed by atoms with Crippen LogP contribution in [0.5, 0.6) is 0 Å². The van der Waals surface area contributed by atoms with Crippen molar-refractivity contribution in [1.82, 2.24) is 0 Å². The first kappa shape index (κ1) is 12.2. The second-order valence-electron chi connectivity index (χ2n) is 6.21. The maximum atomic E-state index is 10.6. The highest BCUT2D eigenvalue weighted by atomic mass is 16.3. The van der Waals surface area contributed by atoms with Gasteiger partial charge in [0, 0.05) is 0 Å². The van der Waals surface area contributed by atoms with E-state index in [9.17, 15) is 5.11 Å². The Balaban J connectivity index is 1.75. The lowest BCUT2D eigenvalue weighted by Gasteiger charge is -2.34. The van der Waals surface area contributed by atoms with Crippen LogP contribution in [0.1, 0.15) is 56.3 Å². The topological polar surface area (TPSA) is 20.2 Å². The quantitative estimate of drug-likeness (QED) is 0.830. The molecule has 0 bridgehead atoms. The van der Waals surface area contributed by atoms with Gasteiger partial charge in [0.05, 0.1) is 6.10 Å². The molecule has 0 amide bonds. The van der Waals surface area contributed by atoms with Crippen molar-refractivity contribution in [3.8, 4) is 0 Å². The molecule has 2 aliphatic rings. The summed E-state index contributed by atoms with van der Waals surface area (Å²) in [6.45, 7) is 2.31. The van der Waals surface area contributed by atoms with E-state index in [1.807, 2.05) is 0 Å². The van der Waals surface area contributed by atoms with E-state index in [2.05, 4.69) is 31.2 Å². The molecular formula is C17H24O. The molecule has 1 heteroatoms. The van der Waals surface area contributed by atoms with Gasteiger partial charge in [0.2, 0.25) is 0 Å². The molecule has 98 valence electrons. The van der Waals surface area contributed by atoms with Gasteiger partial charge in [0.1, 0.15) is 0 Å². The second-order valence-corrected chi connectivity index (χ2v) is 6.21.